The van der Waals surface area contributed by atoms with E-state index in [1.807, 2.05) is 6.07 Å². The van der Waals surface area contributed by atoms with Crippen LogP contribution in [0, 0.1) is 15.3 Å². The SMILES string of the molecule is O=C(Nc1cccc(/C=C/c2ccnc(-c3cccc([N+](=O)[O-])c3)[n+]2[O-])c1)c1ccccc1Cl. The number of non-ortho nitro benzene ring substituents is 1. The van der Waals surface area contributed by atoms with Crippen molar-refractivity contribution >= 4 is 41.0 Å². The van der Waals surface area contributed by atoms with E-state index in [1.54, 1.807) is 60.7 Å². The van der Waals surface area contributed by atoms with E-state index in [4.69, 9.17) is 11.6 Å². The maximum Gasteiger partial charge on any atom is 0.333 e. The number of halogens is 1. The van der Waals surface area contributed by atoms with Crippen LogP contribution in [0.25, 0.3) is 23.5 Å². The van der Waals surface area contributed by atoms with Gasteiger partial charge in [0.1, 0.15) is 11.9 Å². The number of hydrogen-bond acceptors (Lipinski definition) is 5. The van der Waals surface area contributed by atoms with E-state index in [9.17, 15) is 20.1 Å². The molecule has 8 nitrogen and oxygen atoms in total. The fourth-order valence-electron chi connectivity index (χ4n) is 3.25. The Morgan fingerprint density at radius 3 is 2.59 bits per heavy atom. The van der Waals surface area contributed by atoms with Gasteiger partial charge in [0.05, 0.1) is 21.1 Å². The Morgan fingerprint density at radius 2 is 1.79 bits per heavy atom. The van der Waals surface area contributed by atoms with Crippen molar-refractivity contribution < 1.29 is 14.4 Å². The summed E-state index contributed by atoms with van der Waals surface area (Å²) in [5.74, 6) is -0.286. The van der Waals surface area contributed by atoms with Crippen LogP contribution in [0.3, 0.4) is 0 Å². The van der Waals surface area contributed by atoms with Gasteiger partial charge >= 0.3 is 5.82 Å². The molecule has 0 atom stereocenters. The van der Waals surface area contributed by atoms with Crippen molar-refractivity contribution in [2.24, 2.45) is 0 Å². The van der Waals surface area contributed by atoms with Crippen LogP contribution in [0.1, 0.15) is 21.6 Å². The zero-order chi connectivity index (χ0) is 24.1. The van der Waals surface area contributed by atoms with E-state index in [-0.39, 0.29) is 17.4 Å². The normalized spacial score (nSPS) is 10.9. The number of nitrogens with zero attached hydrogens (tertiary/aromatic N) is 3. The number of carbonyl (C=O) groups is 1. The number of nitro groups is 1. The van der Waals surface area contributed by atoms with Crippen molar-refractivity contribution in [3.8, 4) is 11.4 Å². The largest absolute Gasteiger partial charge is 0.710 e. The second-order valence-corrected chi connectivity index (χ2v) is 7.60. The molecule has 1 N–H and O–H groups in total. The Hall–Kier alpha value is -4.56. The van der Waals surface area contributed by atoms with Gasteiger partial charge in [-0.15, -0.1) is 0 Å². The molecular weight excluding hydrogens is 456 g/mol. The summed E-state index contributed by atoms with van der Waals surface area (Å²) >= 11 is 6.09. The minimum Gasteiger partial charge on any atom is -0.710 e. The molecule has 1 heterocycles. The Labute approximate surface area is 199 Å². The van der Waals surface area contributed by atoms with Gasteiger partial charge in [-0.3, -0.25) is 14.9 Å². The lowest BCUT2D eigenvalue weighted by Gasteiger charge is -2.09. The van der Waals surface area contributed by atoms with Gasteiger partial charge in [-0.05, 0) is 47.0 Å². The van der Waals surface area contributed by atoms with E-state index in [2.05, 4.69) is 10.3 Å². The van der Waals surface area contributed by atoms with Crippen molar-refractivity contribution in [3.05, 3.63) is 122 Å². The summed E-state index contributed by atoms with van der Waals surface area (Å²) in [6.07, 6.45) is 4.78. The average Bonchev–Trinajstić information content (AvgIpc) is 2.84. The van der Waals surface area contributed by atoms with Gasteiger partial charge in [-0.2, -0.15) is 0 Å². The summed E-state index contributed by atoms with van der Waals surface area (Å²) in [6, 6.07) is 21.1. The molecule has 1 aromatic heterocycles. The van der Waals surface area contributed by atoms with Crippen molar-refractivity contribution in [2.75, 3.05) is 5.32 Å². The van der Waals surface area contributed by atoms with Gasteiger partial charge in [-0.1, -0.05) is 48.0 Å². The molecule has 0 aliphatic heterocycles. The first-order chi connectivity index (χ1) is 16.4. The first-order valence-corrected chi connectivity index (χ1v) is 10.5. The third-order valence-corrected chi connectivity index (χ3v) is 5.22. The molecule has 1 amide bonds. The van der Waals surface area contributed by atoms with E-state index in [0.29, 0.717) is 32.3 Å². The van der Waals surface area contributed by atoms with Crippen LogP contribution in [0.4, 0.5) is 11.4 Å². The Balaban J connectivity index is 1.56. The first-order valence-electron chi connectivity index (χ1n) is 10.1. The number of carbonyl (C=O) groups excluding carboxylic acids is 1. The van der Waals surface area contributed by atoms with Crippen LogP contribution < -0.4 is 10.0 Å². The summed E-state index contributed by atoms with van der Waals surface area (Å²) in [4.78, 5) is 27.1. The fraction of sp³-hybridized carbons (Fsp3) is 0. The number of anilines is 1. The van der Waals surface area contributed by atoms with Gasteiger partial charge in [-0.25, -0.2) is 4.73 Å². The van der Waals surface area contributed by atoms with Gasteiger partial charge in [0.2, 0.25) is 0 Å². The molecule has 0 spiro atoms. The smallest absolute Gasteiger partial charge is 0.333 e. The predicted molar refractivity (Wildman–Crippen MR) is 130 cm³/mol. The van der Waals surface area contributed by atoms with E-state index < -0.39 is 4.92 Å². The summed E-state index contributed by atoms with van der Waals surface area (Å²) in [7, 11) is 0. The number of aromatic nitrogens is 2. The summed E-state index contributed by atoms with van der Waals surface area (Å²) < 4.78 is 0.610. The second-order valence-electron chi connectivity index (χ2n) is 7.19. The highest BCUT2D eigenvalue weighted by Gasteiger charge is 2.16. The lowest BCUT2D eigenvalue weighted by Crippen LogP contribution is -2.33. The van der Waals surface area contributed by atoms with Crippen LogP contribution in [0.2, 0.25) is 5.02 Å². The van der Waals surface area contributed by atoms with Crippen molar-refractivity contribution in [3.63, 3.8) is 0 Å². The molecule has 0 unspecified atom stereocenters. The number of nitro benzene ring substituents is 1. The predicted octanol–water partition coefficient (Wildman–Crippen LogP) is 5.37. The molecule has 9 heteroatoms. The highest BCUT2D eigenvalue weighted by atomic mass is 35.5. The molecule has 0 aliphatic rings. The zero-order valence-corrected chi connectivity index (χ0v) is 18.3. The monoisotopic (exact) mass is 472 g/mol. The molecule has 0 radical (unpaired) electrons. The van der Waals surface area contributed by atoms with E-state index in [0.717, 1.165) is 5.56 Å². The van der Waals surface area contributed by atoms with Crippen LogP contribution in [-0.4, -0.2) is 15.8 Å². The highest BCUT2D eigenvalue weighted by Crippen LogP contribution is 2.21. The minimum absolute atomic E-state index is 0.0478. The Morgan fingerprint density at radius 1 is 1.00 bits per heavy atom. The van der Waals surface area contributed by atoms with Gasteiger partial charge in [0.25, 0.3) is 11.6 Å². The highest BCUT2D eigenvalue weighted by molar-refractivity contribution is 6.34. The van der Waals surface area contributed by atoms with Crippen molar-refractivity contribution in [1.82, 2.24) is 4.98 Å². The molecule has 0 bridgehead atoms. The molecular formula is C25H17ClN4O4. The third-order valence-electron chi connectivity index (χ3n) is 4.89. The maximum atomic E-state index is 12.8. The third kappa shape index (κ3) is 5.08. The van der Waals surface area contributed by atoms with Crippen LogP contribution in [-0.2, 0) is 0 Å². The second kappa shape index (κ2) is 9.93. The number of rotatable bonds is 6. The number of amides is 1. The Kier molecular flexibility index (Phi) is 6.61. The van der Waals surface area contributed by atoms with E-state index >= 15 is 0 Å². The van der Waals surface area contributed by atoms with Gasteiger partial charge < -0.3 is 10.5 Å². The van der Waals surface area contributed by atoms with Gasteiger partial charge in [0, 0.05) is 23.9 Å². The van der Waals surface area contributed by atoms with E-state index in [1.165, 1.54) is 30.5 Å². The fourth-order valence-corrected chi connectivity index (χ4v) is 3.47. The standard InChI is InChI=1S/C25H17ClN4O4/c26-23-10-2-1-9-22(23)25(31)28-19-7-3-5-17(15-19)11-12-20-13-14-27-24(29(20)32)18-6-4-8-21(16-18)30(33)34/h1-16H,(H,28,31)/b12-11+. The maximum absolute atomic E-state index is 12.8. The lowest BCUT2D eigenvalue weighted by molar-refractivity contribution is -0.598. The molecule has 34 heavy (non-hydrogen) atoms. The van der Waals surface area contributed by atoms with Crippen LogP contribution in [0.15, 0.2) is 85.1 Å². The molecule has 0 fully saturated rings. The summed E-state index contributed by atoms with van der Waals surface area (Å²) in [5, 5.41) is 27.0. The molecule has 168 valence electrons. The Bertz CT molecular complexity index is 1420. The molecule has 0 saturated heterocycles. The average molecular weight is 473 g/mol. The number of hydrogen-bond donors (Lipinski definition) is 1. The number of benzene rings is 3. The number of nitrogens with one attached hydrogen (secondary N) is 1. The van der Waals surface area contributed by atoms with Crippen LogP contribution >= 0.6 is 11.6 Å². The molecule has 4 aromatic rings. The summed E-state index contributed by atoms with van der Waals surface area (Å²) in [6.45, 7) is 0. The van der Waals surface area contributed by atoms with Crippen molar-refractivity contribution in [1.29, 1.82) is 0 Å². The first kappa shape index (κ1) is 22.6. The minimum atomic E-state index is -0.528. The molecule has 0 saturated carbocycles. The molecule has 0 aliphatic carbocycles. The quantitative estimate of drug-likeness (QED) is 0.175. The summed E-state index contributed by atoms with van der Waals surface area (Å²) in [5.41, 5.74) is 2.17. The van der Waals surface area contributed by atoms with Gasteiger partial charge in [0.15, 0.2) is 0 Å². The lowest BCUT2D eigenvalue weighted by atomic mass is 10.1. The molecule has 3 aromatic carbocycles. The zero-order valence-electron chi connectivity index (χ0n) is 17.6. The molecule has 4 rings (SSSR count). The van der Waals surface area contributed by atoms with Crippen molar-refractivity contribution in [2.45, 2.75) is 0 Å². The topological polar surface area (TPSA) is 112 Å². The van der Waals surface area contributed by atoms with Crippen LogP contribution in [0.5, 0.6) is 0 Å².